The summed E-state index contributed by atoms with van der Waals surface area (Å²) in [6.07, 6.45) is 10.2. The summed E-state index contributed by atoms with van der Waals surface area (Å²) in [6.45, 7) is 2.21. The first kappa shape index (κ1) is 30.2. The van der Waals surface area contributed by atoms with E-state index in [4.69, 9.17) is 16.3 Å². The first-order chi connectivity index (χ1) is 17.9. The third-order valence-corrected chi connectivity index (χ3v) is 8.60. The molecule has 0 aromatic heterocycles. The predicted octanol–water partition coefficient (Wildman–Crippen LogP) is 4.69. The third-order valence-electron chi connectivity index (χ3n) is 8.36. The molecule has 210 valence electrons. The van der Waals surface area contributed by atoms with E-state index in [1.165, 1.54) is 32.1 Å². The van der Waals surface area contributed by atoms with Crippen molar-refractivity contribution in [1.29, 1.82) is 0 Å². The molecule has 37 heavy (non-hydrogen) atoms. The number of aliphatic hydroxyl groups is 2. The Morgan fingerprint density at radius 2 is 2.00 bits per heavy atom. The van der Waals surface area contributed by atoms with E-state index in [2.05, 4.69) is 10.6 Å². The smallest absolute Gasteiger partial charge is 0.317 e. The van der Waals surface area contributed by atoms with Gasteiger partial charge in [0.05, 0.1) is 17.7 Å². The van der Waals surface area contributed by atoms with Crippen molar-refractivity contribution in [3.8, 4) is 0 Å². The Morgan fingerprint density at radius 3 is 2.70 bits per heavy atom. The van der Waals surface area contributed by atoms with Crippen LogP contribution in [-0.2, 0) is 10.3 Å². The minimum absolute atomic E-state index is 0.105. The highest BCUT2D eigenvalue weighted by molar-refractivity contribution is 6.30. The number of aliphatic hydroxyl groups excluding tert-OH is 1. The van der Waals surface area contributed by atoms with Gasteiger partial charge in [0.25, 0.3) is 0 Å². The van der Waals surface area contributed by atoms with Gasteiger partial charge < -0.3 is 30.5 Å². The van der Waals surface area contributed by atoms with Gasteiger partial charge in [-0.05, 0) is 69.2 Å². The van der Waals surface area contributed by atoms with Gasteiger partial charge in [-0.2, -0.15) is 0 Å². The van der Waals surface area contributed by atoms with Crippen molar-refractivity contribution >= 4 is 17.6 Å². The molecule has 1 aliphatic heterocycles. The number of carbonyl (C=O) groups is 1. The van der Waals surface area contributed by atoms with E-state index in [9.17, 15) is 15.0 Å². The number of likely N-dealkylation sites (tertiary alicyclic amines) is 1. The van der Waals surface area contributed by atoms with Crippen LogP contribution in [0.5, 0.6) is 0 Å². The monoisotopic (exact) mass is 537 g/mol. The van der Waals surface area contributed by atoms with E-state index in [0.29, 0.717) is 43.6 Å². The van der Waals surface area contributed by atoms with Crippen molar-refractivity contribution in [2.24, 2.45) is 11.8 Å². The molecule has 1 aromatic carbocycles. The largest absolute Gasteiger partial charge is 0.390 e. The number of piperidine rings is 1. The molecule has 4 atom stereocenters. The fourth-order valence-electron chi connectivity index (χ4n) is 6.23. The van der Waals surface area contributed by atoms with E-state index in [1.807, 2.05) is 36.2 Å². The number of likely N-dealkylation sites (N-methyl/N-ethyl adjacent to an activating group) is 1. The molecule has 1 heterocycles. The fraction of sp³-hybridized carbons (Fsp3) is 0.759. The van der Waals surface area contributed by atoms with Gasteiger partial charge in [-0.3, -0.25) is 0 Å². The summed E-state index contributed by atoms with van der Waals surface area (Å²) in [5.41, 5.74) is -0.269. The lowest BCUT2D eigenvalue weighted by Gasteiger charge is -2.43. The number of amides is 2. The number of urea groups is 1. The number of halogens is 1. The zero-order valence-corrected chi connectivity index (χ0v) is 23.5. The number of benzene rings is 1. The molecule has 3 rings (SSSR count). The number of nitrogens with zero attached hydrogens (tertiary/aromatic N) is 1. The molecular formula is C29H48ClN3O4. The van der Waals surface area contributed by atoms with E-state index in [-0.39, 0.29) is 18.0 Å². The summed E-state index contributed by atoms with van der Waals surface area (Å²) in [6, 6.07) is 7.06. The van der Waals surface area contributed by atoms with Crippen LogP contribution in [-0.4, -0.2) is 73.7 Å². The van der Waals surface area contributed by atoms with Crippen LogP contribution in [0.4, 0.5) is 4.79 Å². The van der Waals surface area contributed by atoms with Crippen LogP contribution in [0, 0.1) is 11.8 Å². The summed E-state index contributed by atoms with van der Waals surface area (Å²) in [7, 11) is 3.51. The maximum Gasteiger partial charge on any atom is 0.317 e. The molecule has 8 heteroatoms. The number of hydrogen-bond donors (Lipinski definition) is 4. The molecule has 1 aliphatic carbocycles. The maximum absolute atomic E-state index is 13.5. The van der Waals surface area contributed by atoms with Crippen LogP contribution in [0.25, 0.3) is 0 Å². The molecular weight excluding hydrogens is 490 g/mol. The molecule has 2 amide bonds. The lowest BCUT2D eigenvalue weighted by Crippen LogP contribution is -2.55. The molecule has 1 saturated carbocycles. The normalized spacial score (nSPS) is 22.3. The van der Waals surface area contributed by atoms with Gasteiger partial charge in [0.15, 0.2) is 0 Å². The summed E-state index contributed by atoms with van der Waals surface area (Å²) in [5, 5.41) is 29.7. The number of rotatable bonds is 13. The molecule has 1 saturated heterocycles. The number of unbranched alkanes of at least 4 members (excludes halogenated alkanes) is 1. The molecule has 2 aliphatic rings. The van der Waals surface area contributed by atoms with Gasteiger partial charge in [0.2, 0.25) is 0 Å². The van der Waals surface area contributed by atoms with Crippen molar-refractivity contribution in [3.63, 3.8) is 0 Å². The zero-order chi connectivity index (χ0) is 26.7. The molecule has 4 unspecified atom stereocenters. The van der Waals surface area contributed by atoms with E-state index in [1.54, 1.807) is 7.11 Å². The minimum atomic E-state index is -1.08. The fourth-order valence-corrected chi connectivity index (χ4v) is 6.42. The van der Waals surface area contributed by atoms with Crippen LogP contribution in [0.3, 0.4) is 0 Å². The Labute approximate surface area is 228 Å². The Bertz CT molecular complexity index is 822. The lowest BCUT2D eigenvalue weighted by molar-refractivity contribution is -0.0566. The molecule has 0 bridgehead atoms. The lowest BCUT2D eigenvalue weighted by atomic mass is 9.74. The predicted molar refractivity (Wildman–Crippen MR) is 149 cm³/mol. The molecule has 7 nitrogen and oxygen atoms in total. The van der Waals surface area contributed by atoms with E-state index in [0.717, 1.165) is 37.7 Å². The van der Waals surface area contributed by atoms with Gasteiger partial charge >= 0.3 is 6.03 Å². The summed E-state index contributed by atoms with van der Waals surface area (Å²) in [4.78, 5) is 15.3. The Hall–Kier alpha value is -1.38. The highest BCUT2D eigenvalue weighted by Gasteiger charge is 2.41. The SMILES string of the molecule is CNCC(O)C(CC1CCCCC1)NC(=O)N1CCCC(C(O)(CCCCOC)c2cccc(Cl)c2)C1. The first-order valence-corrected chi connectivity index (χ1v) is 14.6. The van der Waals surface area contributed by atoms with Gasteiger partial charge in [0, 0.05) is 44.3 Å². The van der Waals surface area contributed by atoms with Gasteiger partial charge in [-0.15, -0.1) is 0 Å². The van der Waals surface area contributed by atoms with Crippen LogP contribution in [0.2, 0.25) is 5.02 Å². The second-order valence-electron chi connectivity index (χ2n) is 11.1. The number of carbonyl (C=O) groups excluding carboxylic acids is 1. The molecule has 4 N–H and O–H groups in total. The van der Waals surface area contributed by atoms with Crippen molar-refractivity contribution in [2.45, 2.75) is 88.4 Å². The number of ether oxygens (including phenoxy) is 1. The molecule has 0 radical (unpaired) electrons. The second kappa shape index (κ2) is 15.3. The highest BCUT2D eigenvalue weighted by atomic mass is 35.5. The van der Waals surface area contributed by atoms with Crippen molar-refractivity contribution in [1.82, 2.24) is 15.5 Å². The van der Waals surface area contributed by atoms with Crippen molar-refractivity contribution in [2.75, 3.05) is 40.4 Å². The summed E-state index contributed by atoms with van der Waals surface area (Å²) < 4.78 is 5.21. The van der Waals surface area contributed by atoms with Crippen molar-refractivity contribution in [3.05, 3.63) is 34.9 Å². The highest BCUT2D eigenvalue weighted by Crippen LogP contribution is 2.40. The maximum atomic E-state index is 13.5. The van der Waals surface area contributed by atoms with Crippen LogP contribution in [0.1, 0.15) is 76.2 Å². The summed E-state index contributed by atoms with van der Waals surface area (Å²) in [5.74, 6) is 0.437. The number of methoxy groups -OCH3 is 1. The van der Waals surface area contributed by atoms with Crippen LogP contribution < -0.4 is 10.6 Å². The van der Waals surface area contributed by atoms with Crippen LogP contribution in [0.15, 0.2) is 24.3 Å². The second-order valence-corrected chi connectivity index (χ2v) is 11.5. The van der Waals surface area contributed by atoms with Gasteiger partial charge in [-0.1, -0.05) is 55.8 Å². The minimum Gasteiger partial charge on any atom is -0.390 e. The third kappa shape index (κ3) is 8.82. The molecule has 2 fully saturated rings. The van der Waals surface area contributed by atoms with E-state index >= 15 is 0 Å². The molecule has 1 aromatic rings. The van der Waals surface area contributed by atoms with Gasteiger partial charge in [0.1, 0.15) is 0 Å². The standard InChI is InChI=1S/C29H48ClN3O4/c1-31-20-27(34)26(18-22-10-4-3-5-11-22)32-28(35)33-16-9-13-24(21-33)29(36,15-6-7-17-37-2)23-12-8-14-25(30)19-23/h8,12,14,19,22,24,26-27,31,34,36H,3-7,9-11,13,15-18,20-21H2,1-2H3,(H,32,35). The summed E-state index contributed by atoms with van der Waals surface area (Å²) >= 11 is 6.31. The topological polar surface area (TPSA) is 94.1 Å². The quantitative estimate of drug-likeness (QED) is 0.274. The zero-order valence-electron chi connectivity index (χ0n) is 22.8. The molecule has 0 spiro atoms. The van der Waals surface area contributed by atoms with E-state index < -0.39 is 11.7 Å². The first-order valence-electron chi connectivity index (χ1n) is 14.2. The average molecular weight is 538 g/mol. The Morgan fingerprint density at radius 1 is 1.22 bits per heavy atom. The average Bonchev–Trinajstić information content (AvgIpc) is 2.91. The Kier molecular flexibility index (Phi) is 12.5. The number of nitrogens with one attached hydrogen (secondary N) is 2. The van der Waals surface area contributed by atoms with Crippen LogP contribution >= 0.6 is 11.6 Å². The van der Waals surface area contributed by atoms with Gasteiger partial charge in [-0.25, -0.2) is 4.79 Å². The number of hydrogen-bond acceptors (Lipinski definition) is 5. The Balaban J connectivity index is 1.71. The van der Waals surface area contributed by atoms with Crippen molar-refractivity contribution < 1.29 is 19.7 Å².